The predicted octanol–water partition coefficient (Wildman–Crippen LogP) is 6.61. The number of hydrogen-bond donors (Lipinski definition) is 2. The maximum atomic E-state index is 13.9. The fraction of sp³-hybridized carbons (Fsp3) is 0.387. The number of carbonyl (C=O) groups excluding carboxylic acids is 2. The summed E-state index contributed by atoms with van der Waals surface area (Å²) in [6, 6.07) is 13.3. The lowest BCUT2D eigenvalue weighted by Crippen LogP contribution is -2.53. The Morgan fingerprint density at radius 1 is 1.15 bits per heavy atom. The quantitative estimate of drug-likeness (QED) is 0.293. The number of methoxy groups -OCH3 is 1. The second kappa shape index (κ2) is 10.0. The summed E-state index contributed by atoms with van der Waals surface area (Å²) < 4.78 is 10.9. The van der Waals surface area contributed by atoms with Crippen molar-refractivity contribution in [3.8, 4) is 16.9 Å². The fourth-order valence-corrected chi connectivity index (χ4v) is 6.31. The number of halogens is 1. The van der Waals surface area contributed by atoms with Gasteiger partial charge in [-0.15, -0.1) is 0 Å². The van der Waals surface area contributed by atoms with Crippen LogP contribution >= 0.6 is 11.6 Å². The average molecular weight is 561 g/mol. The molecule has 3 aromatic carbocycles. The molecule has 2 amide bonds. The molecule has 2 aliphatic heterocycles. The maximum absolute atomic E-state index is 13.9. The molecule has 8 nitrogen and oxygen atoms in total. The molecule has 2 aliphatic rings. The van der Waals surface area contributed by atoms with Crippen molar-refractivity contribution in [2.75, 3.05) is 7.11 Å². The second-order valence-electron chi connectivity index (χ2n) is 11.3. The number of imidazole rings is 1. The van der Waals surface area contributed by atoms with Crippen LogP contribution in [0.25, 0.3) is 32.9 Å². The monoisotopic (exact) mass is 560 g/mol. The van der Waals surface area contributed by atoms with Crippen molar-refractivity contribution in [3.63, 3.8) is 0 Å². The maximum Gasteiger partial charge on any atom is 0.407 e. The number of nitrogens with zero attached hydrogens (tertiary/aromatic N) is 2. The van der Waals surface area contributed by atoms with Crippen LogP contribution in [0.2, 0.25) is 5.02 Å². The molecule has 1 fully saturated rings. The SMILES string of the molecule is COC(=O)N[C@H](C(=O)N1[C@H](C)[C@H](C)C[C@H]1c1nc2c(ccc3cc4c(cc32)OCc2cc(Cl)ccc2-4)[nH]1)C(C)C. The number of nitrogens with one attached hydrogen (secondary N) is 2. The highest BCUT2D eigenvalue weighted by atomic mass is 35.5. The largest absolute Gasteiger partial charge is 0.488 e. The van der Waals surface area contributed by atoms with Crippen molar-refractivity contribution in [1.29, 1.82) is 0 Å². The molecule has 0 spiro atoms. The van der Waals surface area contributed by atoms with Crippen molar-refractivity contribution in [2.24, 2.45) is 11.8 Å². The van der Waals surface area contributed by atoms with E-state index >= 15 is 0 Å². The minimum atomic E-state index is -0.700. The minimum absolute atomic E-state index is 0.0165. The van der Waals surface area contributed by atoms with Gasteiger partial charge in [0, 0.05) is 22.0 Å². The summed E-state index contributed by atoms with van der Waals surface area (Å²) in [7, 11) is 1.30. The number of ether oxygens (including phenoxy) is 2. The summed E-state index contributed by atoms with van der Waals surface area (Å²) in [5.41, 5.74) is 4.97. The summed E-state index contributed by atoms with van der Waals surface area (Å²) >= 11 is 6.21. The topological polar surface area (TPSA) is 96.6 Å². The Morgan fingerprint density at radius 3 is 2.70 bits per heavy atom. The Bertz CT molecular complexity index is 1650. The van der Waals surface area contributed by atoms with Gasteiger partial charge in [0.05, 0.1) is 24.2 Å². The van der Waals surface area contributed by atoms with Gasteiger partial charge in [-0.05, 0) is 72.0 Å². The van der Waals surface area contributed by atoms with Crippen LogP contribution < -0.4 is 10.1 Å². The number of alkyl carbamates (subject to hydrolysis) is 1. The van der Waals surface area contributed by atoms with Crippen molar-refractivity contribution in [3.05, 3.63) is 58.9 Å². The average Bonchev–Trinajstić information content (AvgIpc) is 3.50. The summed E-state index contributed by atoms with van der Waals surface area (Å²) in [4.78, 5) is 36.4. The van der Waals surface area contributed by atoms with E-state index in [0.717, 1.165) is 56.5 Å². The van der Waals surface area contributed by atoms with E-state index in [-0.39, 0.29) is 29.8 Å². The van der Waals surface area contributed by atoms with Gasteiger partial charge in [-0.2, -0.15) is 0 Å². The molecule has 9 heteroatoms. The van der Waals surface area contributed by atoms with Crippen LogP contribution in [0.5, 0.6) is 5.75 Å². The molecule has 0 saturated carbocycles. The van der Waals surface area contributed by atoms with Gasteiger partial charge in [-0.25, -0.2) is 9.78 Å². The molecule has 3 heterocycles. The number of aromatic amines is 1. The first-order valence-corrected chi connectivity index (χ1v) is 14.1. The first-order chi connectivity index (χ1) is 19.2. The van der Waals surface area contributed by atoms with E-state index < -0.39 is 12.1 Å². The van der Waals surface area contributed by atoms with Crippen LogP contribution in [0.4, 0.5) is 4.79 Å². The van der Waals surface area contributed by atoms with E-state index in [4.69, 9.17) is 26.1 Å². The molecular weight excluding hydrogens is 528 g/mol. The van der Waals surface area contributed by atoms with E-state index in [2.05, 4.69) is 42.3 Å². The molecule has 4 aromatic rings. The first kappa shape index (κ1) is 26.4. The van der Waals surface area contributed by atoms with E-state index in [0.29, 0.717) is 11.6 Å². The minimum Gasteiger partial charge on any atom is -0.488 e. The van der Waals surface area contributed by atoms with Crippen molar-refractivity contribution < 1.29 is 19.1 Å². The molecule has 208 valence electrons. The van der Waals surface area contributed by atoms with Gasteiger partial charge in [0.15, 0.2) is 0 Å². The van der Waals surface area contributed by atoms with Crippen LogP contribution in [-0.4, -0.2) is 46.1 Å². The number of likely N-dealkylation sites (tertiary alicyclic amines) is 1. The zero-order chi connectivity index (χ0) is 28.3. The van der Waals surface area contributed by atoms with Crippen molar-refractivity contribution in [1.82, 2.24) is 20.2 Å². The summed E-state index contributed by atoms with van der Waals surface area (Å²) in [6.07, 6.45) is 0.154. The molecule has 40 heavy (non-hydrogen) atoms. The number of rotatable bonds is 4. The van der Waals surface area contributed by atoms with Gasteiger partial charge >= 0.3 is 6.09 Å². The van der Waals surface area contributed by atoms with E-state index in [9.17, 15) is 9.59 Å². The summed E-state index contributed by atoms with van der Waals surface area (Å²) in [5, 5.41) is 5.47. The molecule has 0 unspecified atom stereocenters. The molecule has 0 radical (unpaired) electrons. The number of carbonyl (C=O) groups is 2. The number of benzene rings is 3. The first-order valence-electron chi connectivity index (χ1n) is 13.7. The normalized spacial score (nSPS) is 20.8. The lowest BCUT2D eigenvalue weighted by Gasteiger charge is -2.33. The molecule has 4 atom stereocenters. The number of fused-ring (bicyclic) bond motifs is 6. The van der Waals surface area contributed by atoms with Crippen molar-refractivity contribution in [2.45, 2.75) is 58.8 Å². The van der Waals surface area contributed by atoms with Crippen LogP contribution in [0, 0.1) is 11.8 Å². The van der Waals surface area contributed by atoms with E-state index in [1.54, 1.807) is 0 Å². The molecule has 2 N–H and O–H groups in total. The second-order valence-corrected chi connectivity index (χ2v) is 11.8. The highest BCUT2D eigenvalue weighted by Gasteiger charge is 2.44. The molecule has 6 rings (SSSR count). The lowest BCUT2D eigenvalue weighted by atomic mass is 9.94. The molecular formula is C31H33ClN4O4. The zero-order valence-electron chi connectivity index (χ0n) is 23.2. The fourth-order valence-electron chi connectivity index (χ4n) is 6.11. The molecule has 0 bridgehead atoms. The van der Waals surface area contributed by atoms with Crippen LogP contribution in [-0.2, 0) is 16.1 Å². The Hall–Kier alpha value is -3.78. The standard InChI is InChI=1S/C31H33ClN4O4/c1-15(2)27(35-31(38)39-5)30(37)36-17(4)16(3)10-25(36)29-33-24-9-6-18-12-23-21-8-7-20(32)11-19(21)14-40-26(23)13-22(18)28(24)34-29/h6-9,11-13,15-17,25,27H,10,14H2,1-5H3,(H,33,34)(H,35,38)/t16-,17-,25+,27+/m1/s1. The molecule has 1 aromatic heterocycles. The van der Waals surface area contributed by atoms with E-state index in [1.807, 2.05) is 43.0 Å². The molecule has 1 saturated heterocycles. The van der Waals surface area contributed by atoms with Crippen LogP contribution in [0.15, 0.2) is 42.5 Å². The smallest absolute Gasteiger partial charge is 0.407 e. The Balaban J connectivity index is 1.40. The van der Waals surface area contributed by atoms with Crippen LogP contribution in [0.1, 0.15) is 51.5 Å². The highest BCUT2D eigenvalue weighted by Crippen LogP contribution is 2.44. The van der Waals surface area contributed by atoms with Gasteiger partial charge in [0.25, 0.3) is 0 Å². The van der Waals surface area contributed by atoms with Gasteiger partial charge in [0.2, 0.25) is 5.91 Å². The van der Waals surface area contributed by atoms with Crippen molar-refractivity contribution >= 4 is 45.4 Å². The summed E-state index contributed by atoms with van der Waals surface area (Å²) in [6.45, 7) is 8.50. The van der Waals surface area contributed by atoms with E-state index in [1.165, 1.54) is 7.11 Å². The highest BCUT2D eigenvalue weighted by molar-refractivity contribution is 6.30. The zero-order valence-corrected chi connectivity index (χ0v) is 24.0. The Morgan fingerprint density at radius 2 is 1.95 bits per heavy atom. The number of H-pyrrole nitrogens is 1. The Labute approximate surface area is 238 Å². The van der Waals surface area contributed by atoms with Crippen LogP contribution in [0.3, 0.4) is 0 Å². The van der Waals surface area contributed by atoms with Gasteiger partial charge in [-0.1, -0.05) is 44.5 Å². The summed E-state index contributed by atoms with van der Waals surface area (Å²) in [5.74, 6) is 1.58. The Kier molecular flexibility index (Phi) is 6.61. The van der Waals surface area contributed by atoms with Gasteiger partial charge in [0.1, 0.15) is 24.2 Å². The number of amides is 2. The third-order valence-electron chi connectivity index (χ3n) is 8.48. The predicted molar refractivity (Wildman–Crippen MR) is 155 cm³/mol. The third-order valence-corrected chi connectivity index (χ3v) is 8.72. The third kappa shape index (κ3) is 4.35. The van der Waals surface area contributed by atoms with Gasteiger partial charge in [-0.3, -0.25) is 4.79 Å². The van der Waals surface area contributed by atoms with Gasteiger partial charge < -0.3 is 24.7 Å². The lowest BCUT2D eigenvalue weighted by molar-refractivity contribution is -0.137. The molecule has 0 aliphatic carbocycles. The number of hydrogen-bond acceptors (Lipinski definition) is 5. The number of aromatic nitrogens is 2.